The van der Waals surface area contributed by atoms with Crippen molar-refractivity contribution < 1.29 is 14.3 Å². The quantitative estimate of drug-likeness (QED) is 0.365. The molecule has 0 fully saturated rings. The van der Waals surface area contributed by atoms with Gasteiger partial charge in [-0.15, -0.1) is 10.2 Å². The number of hydrogen-bond acceptors (Lipinski definition) is 6. The molecule has 0 aliphatic carbocycles. The molecule has 152 valence electrons. The monoisotopic (exact) mass is 411 g/mol. The van der Waals surface area contributed by atoms with Gasteiger partial charge in [0.15, 0.2) is 22.9 Å². The number of Topliss-reactive ketones (excluding diaryl/α,β-unsaturated/α-hetero) is 1. The van der Waals surface area contributed by atoms with Crippen LogP contribution in [-0.4, -0.2) is 33.4 Å². The van der Waals surface area contributed by atoms with Crippen molar-refractivity contribution in [1.82, 2.24) is 14.8 Å². The molecule has 0 aliphatic heterocycles. The van der Waals surface area contributed by atoms with Crippen molar-refractivity contribution in [3.05, 3.63) is 66.0 Å². The molecule has 0 radical (unpaired) electrons. The fourth-order valence-electron chi connectivity index (χ4n) is 2.90. The van der Waals surface area contributed by atoms with Gasteiger partial charge >= 0.3 is 0 Å². The number of carbonyl (C=O) groups is 1. The number of ketones is 1. The third-order valence-corrected chi connectivity index (χ3v) is 5.31. The molecule has 1 atom stereocenters. The molecule has 2 aromatic carbocycles. The third-order valence-electron chi connectivity index (χ3n) is 4.37. The number of carbonyl (C=O) groups excluding carboxylic acids is 1. The average Bonchev–Trinajstić information content (AvgIpc) is 3.17. The molecule has 1 heterocycles. The highest BCUT2D eigenvalue weighted by molar-refractivity contribution is 7.99. The maximum absolute atomic E-state index is 12.4. The highest BCUT2D eigenvalue weighted by Crippen LogP contribution is 2.28. The molecule has 29 heavy (non-hydrogen) atoms. The van der Waals surface area contributed by atoms with Gasteiger partial charge in [0.05, 0.1) is 12.9 Å². The Morgan fingerprint density at radius 3 is 2.28 bits per heavy atom. The zero-order chi connectivity index (χ0) is 20.8. The Morgan fingerprint density at radius 1 is 1.00 bits per heavy atom. The van der Waals surface area contributed by atoms with Crippen molar-refractivity contribution in [2.75, 3.05) is 12.9 Å². The molecule has 1 aromatic heterocycles. The van der Waals surface area contributed by atoms with Crippen molar-refractivity contribution in [1.29, 1.82) is 0 Å². The Balaban J connectivity index is 1.72. The molecule has 7 heteroatoms. The number of rotatable bonds is 9. The maximum Gasteiger partial charge on any atom is 0.192 e. The lowest BCUT2D eigenvalue weighted by atomic mass is 10.2. The van der Waals surface area contributed by atoms with Crippen LogP contribution >= 0.6 is 11.8 Å². The SMILES string of the molecule is COc1ccc(OC(C)c2nnc(SCC(=O)c3ccccc3)n2C(C)C)cc1. The molecule has 3 rings (SSSR count). The molecule has 0 saturated heterocycles. The van der Waals surface area contributed by atoms with Gasteiger partial charge in [-0.2, -0.15) is 0 Å². The van der Waals surface area contributed by atoms with Crippen molar-refractivity contribution in [3.63, 3.8) is 0 Å². The minimum atomic E-state index is -0.294. The number of hydrogen-bond donors (Lipinski definition) is 0. The predicted molar refractivity (Wildman–Crippen MR) is 114 cm³/mol. The number of aromatic nitrogens is 3. The lowest BCUT2D eigenvalue weighted by Crippen LogP contribution is -2.14. The highest BCUT2D eigenvalue weighted by Gasteiger charge is 2.22. The number of benzene rings is 2. The van der Waals surface area contributed by atoms with E-state index in [0.717, 1.165) is 17.3 Å². The summed E-state index contributed by atoms with van der Waals surface area (Å²) in [5, 5.41) is 9.38. The summed E-state index contributed by atoms with van der Waals surface area (Å²) in [5.74, 6) is 2.61. The summed E-state index contributed by atoms with van der Waals surface area (Å²) in [6.07, 6.45) is -0.294. The molecule has 3 aromatic rings. The first-order valence-corrected chi connectivity index (χ1v) is 10.4. The second-order valence-corrected chi connectivity index (χ2v) is 7.76. The van der Waals surface area contributed by atoms with E-state index in [1.165, 1.54) is 11.8 Å². The van der Waals surface area contributed by atoms with Crippen LogP contribution < -0.4 is 9.47 Å². The summed E-state index contributed by atoms with van der Waals surface area (Å²) in [4.78, 5) is 12.4. The lowest BCUT2D eigenvalue weighted by molar-refractivity contribution is 0.102. The van der Waals surface area contributed by atoms with E-state index in [1.807, 2.05) is 66.1 Å². The predicted octanol–water partition coefficient (Wildman–Crippen LogP) is 4.98. The minimum Gasteiger partial charge on any atom is -0.497 e. The Kier molecular flexibility index (Phi) is 6.93. The van der Waals surface area contributed by atoms with Crippen molar-refractivity contribution >= 4 is 17.5 Å². The van der Waals surface area contributed by atoms with E-state index in [0.29, 0.717) is 16.5 Å². The molecule has 0 aliphatic rings. The Morgan fingerprint density at radius 2 is 1.66 bits per heavy atom. The topological polar surface area (TPSA) is 66.2 Å². The van der Waals surface area contributed by atoms with Gasteiger partial charge in [0.1, 0.15) is 11.5 Å². The number of thioether (sulfide) groups is 1. The summed E-state index contributed by atoms with van der Waals surface area (Å²) < 4.78 is 13.2. The van der Waals surface area contributed by atoms with Gasteiger partial charge in [0.25, 0.3) is 0 Å². The molecule has 0 bridgehead atoms. The van der Waals surface area contributed by atoms with Crippen LogP contribution in [0.2, 0.25) is 0 Å². The minimum absolute atomic E-state index is 0.0676. The first kappa shape index (κ1) is 20.9. The molecule has 0 spiro atoms. The largest absolute Gasteiger partial charge is 0.497 e. The Labute approximate surface area is 175 Å². The second-order valence-electron chi connectivity index (χ2n) is 6.82. The Bertz CT molecular complexity index is 940. The van der Waals surface area contributed by atoms with Crippen molar-refractivity contribution in [2.24, 2.45) is 0 Å². The van der Waals surface area contributed by atoms with Crippen molar-refractivity contribution in [3.8, 4) is 11.5 Å². The van der Waals surface area contributed by atoms with E-state index in [9.17, 15) is 4.79 Å². The summed E-state index contributed by atoms with van der Waals surface area (Å²) in [7, 11) is 1.63. The van der Waals surface area contributed by atoms with Crippen LogP contribution in [0.5, 0.6) is 11.5 Å². The Hall–Kier alpha value is -2.80. The normalized spacial score (nSPS) is 12.0. The number of nitrogens with zero attached hydrogens (tertiary/aromatic N) is 3. The van der Waals surface area contributed by atoms with Crippen LogP contribution in [0.15, 0.2) is 59.8 Å². The van der Waals surface area contributed by atoms with Gasteiger partial charge in [-0.05, 0) is 45.0 Å². The van der Waals surface area contributed by atoms with Crippen LogP contribution in [0, 0.1) is 0 Å². The van der Waals surface area contributed by atoms with Crippen LogP contribution in [0.4, 0.5) is 0 Å². The van der Waals surface area contributed by atoms with E-state index in [2.05, 4.69) is 24.0 Å². The number of methoxy groups -OCH3 is 1. The van der Waals surface area contributed by atoms with E-state index in [1.54, 1.807) is 7.11 Å². The summed E-state index contributed by atoms with van der Waals surface area (Å²) >= 11 is 1.40. The van der Waals surface area contributed by atoms with Crippen LogP contribution in [0.1, 0.15) is 49.1 Å². The fraction of sp³-hybridized carbons (Fsp3) is 0.318. The van der Waals surface area contributed by atoms with Gasteiger partial charge in [-0.25, -0.2) is 0 Å². The molecular formula is C22H25N3O3S. The van der Waals surface area contributed by atoms with E-state index >= 15 is 0 Å². The van der Waals surface area contributed by atoms with Gasteiger partial charge in [-0.1, -0.05) is 42.1 Å². The summed E-state index contributed by atoms with van der Waals surface area (Å²) in [5.41, 5.74) is 0.701. The standard InChI is InChI=1S/C22H25N3O3S/c1-15(2)25-21(16(3)28-19-12-10-18(27-4)11-13-19)23-24-22(25)29-14-20(26)17-8-6-5-7-9-17/h5-13,15-16H,14H2,1-4H3. The van der Waals surface area contributed by atoms with Gasteiger partial charge in [0.2, 0.25) is 0 Å². The van der Waals surface area contributed by atoms with Crippen molar-refractivity contribution in [2.45, 2.75) is 38.1 Å². The van der Waals surface area contributed by atoms with E-state index < -0.39 is 0 Å². The first-order chi connectivity index (χ1) is 14.0. The smallest absolute Gasteiger partial charge is 0.192 e. The maximum atomic E-state index is 12.4. The second kappa shape index (κ2) is 9.60. The average molecular weight is 412 g/mol. The van der Waals surface area contributed by atoms with E-state index in [-0.39, 0.29) is 17.9 Å². The molecule has 1 unspecified atom stereocenters. The van der Waals surface area contributed by atoms with Crippen LogP contribution in [0.3, 0.4) is 0 Å². The molecule has 6 nitrogen and oxygen atoms in total. The molecular weight excluding hydrogens is 386 g/mol. The van der Waals surface area contributed by atoms with E-state index in [4.69, 9.17) is 9.47 Å². The fourth-order valence-corrected chi connectivity index (χ4v) is 3.87. The van der Waals surface area contributed by atoms with Gasteiger partial charge < -0.3 is 14.0 Å². The highest BCUT2D eigenvalue weighted by atomic mass is 32.2. The van der Waals surface area contributed by atoms with Gasteiger partial charge in [0, 0.05) is 11.6 Å². The third kappa shape index (κ3) is 5.17. The zero-order valence-electron chi connectivity index (χ0n) is 17.0. The first-order valence-electron chi connectivity index (χ1n) is 9.46. The molecule has 0 N–H and O–H groups in total. The molecule has 0 amide bonds. The number of ether oxygens (including phenoxy) is 2. The zero-order valence-corrected chi connectivity index (χ0v) is 17.8. The summed E-state index contributed by atoms with van der Waals surface area (Å²) in [6.45, 7) is 6.07. The van der Waals surface area contributed by atoms with Crippen LogP contribution in [-0.2, 0) is 0 Å². The van der Waals surface area contributed by atoms with Gasteiger partial charge in [-0.3, -0.25) is 4.79 Å². The van der Waals surface area contributed by atoms with Crippen LogP contribution in [0.25, 0.3) is 0 Å². The lowest BCUT2D eigenvalue weighted by Gasteiger charge is -2.19. The summed E-state index contributed by atoms with van der Waals surface area (Å²) in [6, 6.07) is 16.8. The molecule has 0 saturated carbocycles.